The lowest BCUT2D eigenvalue weighted by molar-refractivity contribution is -0.151. The highest BCUT2D eigenvalue weighted by Gasteiger charge is 2.36. The fourth-order valence-corrected chi connectivity index (χ4v) is 3.64. The van der Waals surface area contributed by atoms with Crippen molar-refractivity contribution in [3.05, 3.63) is 33.8 Å². The molecule has 0 saturated carbocycles. The van der Waals surface area contributed by atoms with Gasteiger partial charge in [-0.3, -0.25) is 19.0 Å². The van der Waals surface area contributed by atoms with Gasteiger partial charge in [-0.2, -0.15) is 0 Å². The third kappa shape index (κ3) is 4.29. The molecule has 1 saturated heterocycles. The first-order chi connectivity index (χ1) is 13.7. The van der Waals surface area contributed by atoms with Gasteiger partial charge in [0.15, 0.2) is 5.58 Å². The summed E-state index contributed by atoms with van der Waals surface area (Å²) in [5.74, 6) is -1.21. The van der Waals surface area contributed by atoms with Crippen LogP contribution in [0.3, 0.4) is 0 Å². The average molecular weight is 423 g/mol. The maximum atomic E-state index is 12.9. The largest absolute Gasteiger partial charge is 0.419 e. The van der Waals surface area contributed by atoms with E-state index in [1.54, 1.807) is 37.2 Å². The van der Waals surface area contributed by atoms with Crippen molar-refractivity contribution in [2.75, 3.05) is 33.7 Å². The van der Waals surface area contributed by atoms with Crippen molar-refractivity contribution >= 4 is 40.4 Å². The number of carbonyl (C=O) groups excluding carboxylic acids is 3. The molecule has 1 aliphatic rings. The lowest BCUT2D eigenvalue weighted by Crippen LogP contribution is -2.61. The molecule has 0 N–H and O–H groups in total. The summed E-state index contributed by atoms with van der Waals surface area (Å²) in [5, 5.41) is 0.447. The van der Waals surface area contributed by atoms with Crippen LogP contribution in [0.1, 0.15) is 13.3 Å². The van der Waals surface area contributed by atoms with Crippen LogP contribution in [0.25, 0.3) is 11.1 Å². The lowest BCUT2D eigenvalue weighted by atomic mass is 10.1. The van der Waals surface area contributed by atoms with E-state index in [-0.39, 0.29) is 43.8 Å². The fourth-order valence-electron chi connectivity index (χ4n) is 3.48. The van der Waals surface area contributed by atoms with Crippen LogP contribution in [0.4, 0.5) is 0 Å². The van der Waals surface area contributed by atoms with Crippen LogP contribution in [0, 0.1) is 0 Å². The highest BCUT2D eigenvalue weighted by Crippen LogP contribution is 2.19. The van der Waals surface area contributed by atoms with E-state index >= 15 is 0 Å². The number of aryl methyl sites for hydroxylation is 1. The maximum Gasteiger partial charge on any atom is 0.419 e. The zero-order valence-corrected chi connectivity index (χ0v) is 17.3. The van der Waals surface area contributed by atoms with E-state index < -0.39 is 11.8 Å². The van der Waals surface area contributed by atoms with Crippen molar-refractivity contribution < 1.29 is 18.8 Å². The predicted molar refractivity (Wildman–Crippen MR) is 107 cm³/mol. The minimum atomic E-state index is -0.744. The highest BCUT2D eigenvalue weighted by atomic mass is 35.5. The number of rotatable bonds is 4. The second-order valence-corrected chi connectivity index (χ2v) is 7.62. The van der Waals surface area contributed by atoms with Gasteiger partial charge in [0.05, 0.1) is 12.1 Å². The van der Waals surface area contributed by atoms with E-state index in [1.165, 1.54) is 21.3 Å². The van der Waals surface area contributed by atoms with Crippen LogP contribution < -0.4 is 5.76 Å². The summed E-state index contributed by atoms with van der Waals surface area (Å²) in [5.41, 5.74) is 0.903. The van der Waals surface area contributed by atoms with Crippen LogP contribution in [0.2, 0.25) is 5.02 Å². The normalized spacial score (nSPS) is 16.9. The number of likely N-dealkylation sites (N-methyl/N-ethyl adjacent to an activating group) is 1. The SMILES string of the molecule is CC(=O)N1CCN(C(=O)CCn2c(=O)oc3cc(Cl)ccc32)C(C(=O)N(C)C)C1. The van der Waals surface area contributed by atoms with Crippen molar-refractivity contribution in [3.63, 3.8) is 0 Å². The van der Waals surface area contributed by atoms with E-state index in [2.05, 4.69) is 0 Å². The smallest absolute Gasteiger partial charge is 0.408 e. The summed E-state index contributed by atoms with van der Waals surface area (Å²) in [6.07, 6.45) is 0.0223. The first-order valence-electron chi connectivity index (χ1n) is 9.24. The lowest BCUT2D eigenvalue weighted by Gasteiger charge is -2.41. The first kappa shape index (κ1) is 20.9. The van der Waals surface area contributed by atoms with E-state index in [1.807, 2.05) is 0 Å². The third-order valence-electron chi connectivity index (χ3n) is 5.05. The zero-order chi connectivity index (χ0) is 21.3. The summed E-state index contributed by atoms with van der Waals surface area (Å²) in [6.45, 7) is 2.34. The molecule has 2 aromatic rings. The summed E-state index contributed by atoms with van der Waals surface area (Å²) in [4.78, 5) is 53.8. The Morgan fingerprint density at radius 1 is 1.24 bits per heavy atom. The highest BCUT2D eigenvalue weighted by molar-refractivity contribution is 6.31. The molecule has 1 aromatic heterocycles. The Balaban J connectivity index is 1.77. The van der Waals surface area contributed by atoms with Gasteiger partial charge in [0.25, 0.3) is 0 Å². The van der Waals surface area contributed by atoms with Gasteiger partial charge in [0.2, 0.25) is 17.7 Å². The first-order valence-corrected chi connectivity index (χ1v) is 9.62. The minimum Gasteiger partial charge on any atom is -0.408 e. The summed E-state index contributed by atoms with van der Waals surface area (Å²) >= 11 is 5.92. The van der Waals surface area contributed by atoms with Gasteiger partial charge < -0.3 is 19.1 Å². The number of amides is 3. The number of aromatic nitrogens is 1. The standard InChI is InChI=1S/C19H23ClN4O5/c1-12(25)22-8-9-23(15(11-22)18(27)21(2)3)17(26)6-7-24-14-5-4-13(20)10-16(14)29-19(24)28/h4-5,10,15H,6-9,11H2,1-3H3. The van der Waals surface area contributed by atoms with E-state index in [4.69, 9.17) is 16.0 Å². The van der Waals surface area contributed by atoms with Gasteiger partial charge in [-0.15, -0.1) is 0 Å². The zero-order valence-electron chi connectivity index (χ0n) is 16.6. The average Bonchev–Trinajstić information content (AvgIpc) is 2.98. The molecule has 10 heteroatoms. The molecule has 1 aromatic carbocycles. The van der Waals surface area contributed by atoms with Gasteiger partial charge in [-0.05, 0) is 12.1 Å². The van der Waals surface area contributed by atoms with Crippen LogP contribution >= 0.6 is 11.6 Å². The molecular weight excluding hydrogens is 400 g/mol. The number of halogens is 1. The topological polar surface area (TPSA) is 96.1 Å². The number of piperazine rings is 1. The van der Waals surface area contributed by atoms with Gasteiger partial charge in [0, 0.05) is 58.2 Å². The van der Waals surface area contributed by atoms with Crippen molar-refractivity contribution in [3.8, 4) is 0 Å². The van der Waals surface area contributed by atoms with Crippen molar-refractivity contribution in [1.29, 1.82) is 0 Å². The van der Waals surface area contributed by atoms with E-state index in [0.717, 1.165) is 0 Å². The molecule has 0 radical (unpaired) electrons. The number of carbonyl (C=O) groups is 3. The number of benzene rings is 1. The summed E-state index contributed by atoms with van der Waals surface area (Å²) in [6, 6.07) is 4.11. The quantitative estimate of drug-likeness (QED) is 0.725. The second-order valence-electron chi connectivity index (χ2n) is 7.18. The monoisotopic (exact) mass is 422 g/mol. The molecule has 1 fully saturated rings. The van der Waals surface area contributed by atoms with Gasteiger partial charge in [0.1, 0.15) is 6.04 Å². The molecule has 2 heterocycles. The van der Waals surface area contributed by atoms with Crippen LogP contribution in [-0.4, -0.2) is 76.8 Å². The van der Waals surface area contributed by atoms with Gasteiger partial charge in [-0.25, -0.2) is 4.79 Å². The molecule has 0 spiro atoms. The predicted octanol–water partition coefficient (Wildman–Crippen LogP) is 0.786. The number of hydrogen-bond donors (Lipinski definition) is 0. The molecule has 1 aliphatic heterocycles. The Morgan fingerprint density at radius 3 is 2.62 bits per heavy atom. The number of fused-ring (bicyclic) bond motifs is 1. The van der Waals surface area contributed by atoms with Crippen molar-refractivity contribution in [2.45, 2.75) is 25.9 Å². The van der Waals surface area contributed by atoms with Crippen molar-refractivity contribution in [1.82, 2.24) is 19.3 Å². The number of hydrogen-bond acceptors (Lipinski definition) is 5. The Morgan fingerprint density at radius 2 is 1.97 bits per heavy atom. The van der Waals surface area contributed by atoms with E-state index in [9.17, 15) is 19.2 Å². The molecule has 0 aliphatic carbocycles. The number of oxazole rings is 1. The summed E-state index contributed by atoms with van der Waals surface area (Å²) in [7, 11) is 3.22. The number of nitrogens with zero attached hydrogens (tertiary/aromatic N) is 4. The second kappa shape index (κ2) is 8.28. The Hall–Kier alpha value is -2.81. The molecular formula is C19H23ClN4O5. The van der Waals surface area contributed by atoms with Crippen LogP contribution in [0.5, 0.6) is 0 Å². The maximum absolute atomic E-state index is 12.9. The molecule has 29 heavy (non-hydrogen) atoms. The van der Waals surface area contributed by atoms with Crippen LogP contribution in [0.15, 0.2) is 27.4 Å². The van der Waals surface area contributed by atoms with Crippen LogP contribution in [-0.2, 0) is 20.9 Å². The Kier molecular flexibility index (Phi) is 5.97. The van der Waals surface area contributed by atoms with Crippen molar-refractivity contribution in [2.24, 2.45) is 0 Å². The molecule has 0 bridgehead atoms. The minimum absolute atomic E-state index is 0.0223. The molecule has 156 valence electrons. The Bertz CT molecular complexity index is 1010. The molecule has 3 amide bonds. The fraction of sp³-hybridized carbons (Fsp3) is 0.474. The third-order valence-corrected chi connectivity index (χ3v) is 5.29. The molecule has 1 unspecified atom stereocenters. The Labute approximate surface area is 172 Å². The summed E-state index contributed by atoms with van der Waals surface area (Å²) < 4.78 is 6.56. The molecule has 9 nitrogen and oxygen atoms in total. The van der Waals surface area contributed by atoms with E-state index in [0.29, 0.717) is 22.7 Å². The van der Waals surface area contributed by atoms with Gasteiger partial charge in [-0.1, -0.05) is 11.6 Å². The van der Waals surface area contributed by atoms with Gasteiger partial charge >= 0.3 is 5.76 Å². The molecule has 1 atom stereocenters. The molecule has 3 rings (SSSR count).